The number of ketones is 1. The minimum Gasteiger partial charge on any atom is -0.496 e. The van der Waals surface area contributed by atoms with E-state index in [2.05, 4.69) is 4.98 Å². The van der Waals surface area contributed by atoms with Gasteiger partial charge in [0.2, 0.25) is 0 Å². The lowest BCUT2D eigenvalue weighted by atomic mass is 9.85. The average Bonchev–Trinajstić information content (AvgIpc) is 3.38. The van der Waals surface area contributed by atoms with Crippen LogP contribution in [-0.4, -0.2) is 29.0 Å². The Bertz CT molecular complexity index is 1480. The summed E-state index contributed by atoms with van der Waals surface area (Å²) in [7, 11) is 1.39. The van der Waals surface area contributed by atoms with Crippen LogP contribution in [0.15, 0.2) is 72.9 Å². The highest BCUT2D eigenvalue weighted by molar-refractivity contribution is 6.03. The lowest BCUT2D eigenvalue weighted by Gasteiger charge is -2.21. The SMILES string of the molecule is COc1ccc(-c2cc(C(=O)O)ccc2C)cc1C(C(=O)c1ccc(C(F)(F)F)cc1F)c1ccc[nH]1. The van der Waals surface area contributed by atoms with E-state index in [9.17, 15) is 32.3 Å². The van der Waals surface area contributed by atoms with Crippen molar-refractivity contribution in [2.75, 3.05) is 7.11 Å². The number of nitrogens with one attached hydrogen (secondary N) is 1. The van der Waals surface area contributed by atoms with Gasteiger partial charge in [-0.25, -0.2) is 9.18 Å². The molecule has 0 saturated carbocycles. The van der Waals surface area contributed by atoms with Crippen LogP contribution in [0.4, 0.5) is 17.6 Å². The molecule has 1 atom stereocenters. The molecule has 0 aliphatic heterocycles. The number of hydrogen-bond acceptors (Lipinski definition) is 3. The van der Waals surface area contributed by atoms with Crippen molar-refractivity contribution in [3.63, 3.8) is 0 Å². The highest BCUT2D eigenvalue weighted by Gasteiger charge is 2.34. The largest absolute Gasteiger partial charge is 0.496 e. The van der Waals surface area contributed by atoms with Gasteiger partial charge in [0.25, 0.3) is 0 Å². The molecule has 0 saturated heterocycles. The van der Waals surface area contributed by atoms with E-state index in [1.807, 2.05) is 0 Å². The molecule has 4 rings (SSSR count). The molecule has 0 aliphatic rings. The van der Waals surface area contributed by atoms with Crippen molar-refractivity contribution in [2.24, 2.45) is 0 Å². The zero-order chi connectivity index (χ0) is 26.9. The lowest BCUT2D eigenvalue weighted by Crippen LogP contribution is -2.18. The van der Waals surface area contributed by atoms with Crippen LogP contribution in [0, 0.1) is 12.7 Å². The zero-order valence-electron chi connectivity index (χ0n) is 19.7. The number of rotatable bonds is 7. The number of ether oxygens (including phenoxy) is 1. The van der Waals surface area contributed by atoms with E-state index < -0.39 is 40.8 Å². The third-order valence-electron chi connectivity index (χ3n) is 6.09. The molecule has 190 valence electrons. The second-order valence-electron chi connectivity index (χ2n) is 8.41. The number of alkyl halides is 3. The summed E-state index contributed by atoms with van der Waals surface area (Å²) in [4.78, 5) is 28.1. The molecule has 0 aliphatic carbocycles. The predicted molar refractivity (Wildman–Crippen MR) is 128 cm³/mol. The molecule has 1 aromatic heterocycles. The Morgan fingerprint density at radius 1 is 1.00 bits per heavy atom. The second-order valence-corrected chi connectivity index (χ2v) is 8.41. The van der Waals surface area contributed by atoms with E-state index in [1.54, 1.807) is 49.5 Å². The summed E-state index contributed by atoms with van der Waals surface area (Å²) in [5, 5.41) is 9.42. The quantitative estimate of drug-likeness (QED) is 0.210. The number of aryl methyl sites for hydroxylation is 1. The number of methoxy groups -OCH3 is 1. The standard InChI is InChI=1S/C28H21F4NO4/c1-15-5-6-17(27(35)36)13-20(15)16-7-10-24(37-2)21(12-16)25(23-4-3-11-33-23)26(34)19-9-8-18(14-22(19)29)28(30,31)32/h3-14,25,33H,1-2H3,(H,35,36). The highest BCUT2D eigenvalue weighted by atomic mass is 19.4. The molecule has 5 nitrogen and oxygen atoms in total. The van der Waals surface area contributed by atoms with Crippen molar-refractivity contribution in [2.45, 2.75) is 19.0 Å². The van der Waals surface area contributed by atoms with Gasteiger partial charge in [0.05, 0.1) is 29.7 Å². The molecule has 1 heterocycles. The van der Waals surface area contributed by atoms with Gasteiger partial charge in [-0.15, -0.1) is 0 Å². The molecule has 3 aromatic carbocycles. The van der Waals surface area contributed by atoms with Gasteiger partial charge in [0, 0.05) is 17.5 Å². The van der Waals surface area contributed by atoms with Crippen LogP contribution in [0.5, 0.6) is 5.75 Å². The van der Waals surface area contributed by atoms with Crippen LogP contribution in [-0.2, 0) is 6.18 Å². The van der Waals surface area contributed by atoms with E-state index in [0.717, 1.165) is 11.6 Å². The minimum absolute atomic E-state index is 0.0711. The van der Waals surface area contributed by atoms with E-state index in [0.29, 0.717) is 34.5 Å². The zero-order valence-corrected chi connectivity index (χ0v) is 19.7. The smallest absolute Gasteiger partial charge is 0.416 e. The van der Waals surface area contributed by atoms with Crippen LogP contribution in [0.1, 0.15) is 49.0 Å². The lowest BCUT2D eigenvalue weighted by molar-refractivity contribution is -0.137. The summed E-state index contributed by atoms with van der Waals surface area (Å²) < 4.78 is 59.5. The maximum Gasteiger partial charge on any atom is 0.416 e. The van der Waals surface area contributed by atoms with Crippen molar-refractivity contribution in [1.82, 2.24) is 4.98 Å². The third-order valence-corrected chi connectivity index (χ3v) is 6.09. The van der Waals surface area contributed by atoms with E-state index >= 15 is 0 Å². The fraction of sp³-hybridized carbons (Fsp3) is 0.143. The number of aromatic amines is 1. The minimum atomic E-state index is -4.76. The number of aromatic nitrogens is 1. The summed E-state index contributed by atoms with van der Waals surface area (Å²) in [5.74, 6) is -4.04. The van der Waals surface area contributed by atoms with Crippen LogP contribution in [0.25, 0.3) is 11.1 Å². The Morgan fingerprint density at radius 3 is 2.35 bits per heavy atom. The highest BCUT2D eigenvalue weighted by Crippen LogP contribution is 2.39. The number of halogens is 4. The van der Waals surface area contributed by atoms with E-state index in [1.165, 1.54) is 19.2 Å². The molecule has 4 aromatic rings. The summed E-state index contributed by atoms with van der Waals surface area (Å²) in [6.45, 7) is 1.80. The van der Waals surface area contributed by atoms with Crippen LogP contribution in [0.2, 0.25) is 0 Å². The molecule has 1 unspecified atom stereocenters. The predicted octanol–water partition coefficient (Wildman–Crippen LogP) is 6.87. The van der Waals surface area contributed by atoms with E-state index in [-0.39, 0.29) is 11.3 Å². The van der Waals surface area contributed by atoms with Gasteiger partial charge < -0.3 is 14.8 Å². The van der Waals surface area contributed by atoms with Crippen LogP contribution >= 0.6 is 0 Å². The summed E-state index contributed by atoms with van der Waals surface area (Å²) in [6.07, 6.45) is -3.20. The van der Waals surface area contributed by atoms with Gasteiger partial charge in [-0.1, -0.05) is 12.1 Å². The van der Waals surface area contributed by atoms with Gasteiger partial charge in [0.15, 0.2) is 5.78 Å². The molecule has 2 N–H and O–H groups in total. The first-order valence-electron chi connectivity index (χ1n) is 11.1. The van der Waals surface area contributed by atoms with Crippen molar-refractivity contribution in [3.05, 3.63) is 112 Å². The van der Waals surface area contributed by atoms with Gasteiger partial charge in [0.1, 0.15) is 11.6 Å². The Morgan fingerprint density at radius 2 is 1.76 bits per heavy atom. The molecular weight excluding hydrogens is 490 g/mol. The number of H-pyrrole nitrogens is 1. The monoisotopic (exact) mass is 511 g/mol. The number of carboxylic acids is 1. The Balaban J connectivity index is 1.89. The maximum atomic E-state index is 14.8. The van der Waals surface area contributed by atoms with Gasteiger partial charge >= 0.3 is 12.1 Å². The van der Waals surface area contributed by atoms with Crippen molar-refractivity contribution < 1.29 is 37.0 Å². The molecule has 0 spiro atoms. The summed E-state index contributed by atoms with van der Waals surface area (Å²) in [5.41, 5.74) is 1.01. The molecule has 0 fully saturated rings. The van der Waals surface area contributed by atoms with Gasteiger partial charge in [-0.05, 0) is 78.2 Å². The second kappa shape index (κ2) is 9.93. The van der Waals surface area contributed by atoms with Gasteiger partial charge in [-0.3, -0.25) is 4.79 Å². The van der Waals surface area contributed by atoms with E-state index in [4.69, 9.17) is 4.74 Å². The maximum absolute atomic E-state index is 14.8. The Hall–Kier alpha value is -4.40. The molecule has 37 heavy (non-hydrogen) atoms. The molecule has 0 bridgehead atoms. The first-order valence-corrected chi connectivity index (χ1v) is 11.1. The van der Waals surface area contributed by atoms with Crippen LogP contribution < -0.4 is 4.74 Å². The molecule has 0 amide bonds. The average molecular weight is 511 g/mol. The first-order chi connectivity index (χ1) is 17.5. The molecule has 0 radical (unpaired) electrons. The number of carbonyl (C=O) groups excluding carboxylic acids is 1. The normalized spacial score (nSPS) is 12.3. The number of carboxylic acid groups (broad SMARTS) is 1. The fourth-order valence-electron chi connectivity index (χ4n) is 4.21. The summed E-state index contributed by atoms with van der Waals surface area (Å²) in [6, 6.07) is 14.6. The summed E-state index contributed by atoms with van der Waals surface area (Å²) >= 11 is 0. The first kappa shape index (κ1) is 25.7. The van der Waals surface area contributed by atoms with Crippen molar-refractivity contribution >= 4 is 11.8 Å². The molecular formula is C28H21F4NO4. The molecule has 9 heteroatoms. The number of aromatic carboxylic acids is 1. The number of benzene rings is 3. The Kier molecular flexibility index (Phi) is 6.89. The third kappa shape index (κ3) is 5.11. The van der Waals surface area contributed by atoms with Crippen molar-refractivity contribution in [3.8, 4) is 16.9 Å². The fourth-order valence-corrected chi connectivity index (χ4v) is 4.21. The topological polar surface area (TPSA) is 79.4 Å². The van der Waals surface area contributed by atoms with Crippen LogP contribution in [0.3, 0.4) is 0 Å². The number of hydrogen-bond donors (Lipinski definition) is 2. The number of Topliss-reactive ketones (excluding diaryl/α,β-unsaturated/α-hetero) is 1. The number of carbonyl (C=O) groups is 2. The Labute approximate surface area is 209 Å². The van der Waals surface area contributed by atoms with Gasteiger partial charge in [-0.2, -0.15) is 13.2 Å². The van der Waals surface area contributed by atoms with Crippen molar-refractivity contribution in [1.29, 1.82) is 0 Å².